The van der Waals surface area contributed by atoms with E-state index in [1.165, 1.54) is 30.4 Å². The Morgan fingerprint density at radius 3 is 3.00 bits per heavy atom. The summed E-state index contributed by atoms with van der Waals surface area (Å²) in [6.45, 7) is 5.26. The van der Waals surface area contributed by atoms with Crippen LogP contribution in [0.4, 0.5) is 0 Å². The van der Waals surface area contributed by atoms with E-state index in [4.69, 9.17) is 0 Å². The molecule has 0 spiro atoms. The van der Waals surface area contributed by atoms with Gasteiger partial charge in [0.15, 0.2) is 0 Å². The number of aryl methyl sites for hydroxylation is 1. The average molecular weight is 286 g/mol. The topological polar surface area (TPSA) is 41.1 Å². The molecule has 0 radical (unpaired) electrons. The molecule has 114 valence electrons. The van der Waals surface area contributed by atoms with Crippen molar-refractivity contribution in [2.24, 2.45) is 11.8 Å². The summed E-state index contributed by atoms with van der Waals surface area (Å²) in [5.41, 5.74) is 2.62. The van der Waals surface area contributed by atoms with E-state index in [2.05, 4.69) is 48.7 Å². The highest BCUT2D eigenvalue weighted by atomic mass is 16.2. The molecule has 1 aromatic carbocycles. The second-order valence-electron chi connectivity index (χ2n) is 6.78. The van der Waals surface area contributed by atoms with E-state index in [0.29, 0.717) is 5.92 Å². The van der Waals surface area contributed by atoms with Crippen molar-refractivity contribution in [3.63, 3.8) is 0 Å². The molecule has 2 aliphatic rings. The number of hydrogen-bond donors (Lipinski definition) is 2. The van der Waals surface area contributed by atoms with Gasteiger partial charge in [0.2, 0.25) is 5.91 Å². The van der Waals surface area contributed by atoms with Crippen molar-refractivity contribution in [3.05, 3.63) is 35.4 Å². The molecule has 3 heteroatoms. The Labute approximate surface area is 127 Å². The lowest BCUT2D eigenvalue weighted by Gasteiger charge is -2.21. The fourth-order valence-corrected chi connectivity index (χ4v) is 4.03. The molecule has 1 aliphatic carbocycles. The summed E-state index contributed by atoms with van der Waals surface area (Å²) in [7, 11) is 0. The van der Waals surface area contributed by atoms with Crippen molar-refractivity contribution in [1.82, 2.24) is 10.6 Å². The SMILES string of the molecule is Cc1ccccc1CC(C)NC(=O)C1NCC2CCCC21. The van der Waals surface area contributed by atoms with E-state index >= 15 is 0 Å². The van der Waals surface area contributed by atoms with Crippen LogP contribution in [0.5, 0.6) is 0 Å². The molecule has 0 aromatic heterocycles. The van der Waals surface area contributed by atoms with Gasteiger partial charge in [-0.05, 0) is 62.6 Å². The van der Waals surface area contributed by atoms with E-state index in [0.717, 1.165) is 18.9 Å². The number of fused-ring (bicyclic) bond motifs is 1. The maximum Gasteiger partial charge on any atom is 0.237 e. The predicted molar refractivity (Wildman–Crippen MR) is 85.1 cm³/mol. The summed E-state index contributed by atoms with van der Waals surface area (Å²) in [4.78, 5) is 12.5. The van der Waals surface area contributed by atoms with Gasteiger partial charge in [0.05, 0.1) is 6.04 Å². The van der Waals surface area contributed by atoms with Gasteiger partial charge in [0.25, 0.3) is 0 Å². The number of amides is 1. The van der Waals surface area contributed by atoms with Gasteiger partial charge in [-0.1, -0.05) is 30.7 Å². The minimum Gasteiger partial charge on any atom is -0.352 e. The van der Waals surface area contributed by atoms with Gasteiger partial charge in [-0.25, -0.2) is 0 Å². The molecule has 2 N–H and O–H groups in total. The smallest absolute Gasteiger partial charge is 0.237 e. The summed E-state index contributed by atoms with van der Waals surface area (Å²) >= 11 is 0. The van der Waals surface area contributed by atoms with Gasteiger partial charge in [0, 0.05) is 6.04 Å². The zero-order valence-corrected chi connectivity index (χ0v) is 13.1. The number of hydrogen-bond acceptors (Lipinski definition) is 2. The Kier molecular flexibility index (Phi) is 4.29. The van der Waals surface area contributed by atoms with E-state index < -0.39 is 0 Å². The van der Waals surface area contributed by atoms with Crippen molar-refractivity contribution >= 4 is 5.91 Å². The number of carbonyl (C=O) groups excluding carboxylic acids is 1. The van der Waals surface area contributed by atoms with Gasteiger partial charge in [-0.2, -0.15) is 0 Å². The van der Waals surface area contributed by atoms with Crippen molar-refractivity contribution < 1.29 is 4.79 Å². The second kappa shape index (κ2) is 6.18. The average Bonchev–Trinajstić information content (AvgIpc) is 3.03. The lowest BCUT2D eigenvalue weighted by molar-refractivity contribution is -0.124. The van der Waals surface area contributed by atoms with Crippen LogP contribution in [0.1, 0.15) is 37.3 Å². The van der Waals surface area contributed by atoms with E-state index in [1.807, 2.05) is 0 Å². The highest BCUT2D eigenvalue weighted by Gasteiger charge is 2.42. The third-order valence-electron chi connectivity index (χ3n) is 5.20. The molecule has 1 amide bonds. The van der Waals surface area contributed by atoms with Gasteiger partial charge >= 0.3 is 0 Å². The highest BCUT2D eigenvalue weighted by molar-refractivity contribution is 5.82. The molecule has 3 rings (SSSR count). The largest absolute Gasteiger partial charge is 0.352 e. The van der Waals surface area contributed by atoms with E-state index in [-0.39, 0.29) is 18.0 Å². The molecule has 1 saturated carbocycles. The Hall–Kier alpha value is -1.35. The van der Waals surface area contributed by atoms with Crippen molar-refractivity contribution in [1.29, 1.82) is 0 Å². The number of carbonyl (C=O) groups is 1. The number of benzene rings is 1. The molecule has 1 aromatic rings. The van der Waals surface area contributed by atoms with Gasteiger partial charge in [0.1, 0.15) is 0 Å². The Morgan fingerprint density at radius 2 is 2.19 bits per heavy atom. The van der Waals surface area contributed by atoms with Crippen LogP contribution in [0.3, 0.4) is 0 Å². The van der Waals surface area contributed by atoms with E-state index in [1.54, 1.807) is 0 Å². The summed E-state index contributed by atoms with van der Waals surface area (Å²) in [6, 6.07) is 8.63. The first kappa shape index (κ1) is 14.6. The Balaban J connectivity index is 1.56. The molecule has 4 atom stereocenters. The van der Waals surface area contributed by atoms with Crippen LogP contribution >= 0.6 is 0 Å². The fourth-order valence-electron chi connectivity index (χ4n) is 4.03. The molecular formula is C18H26N2O. The molecular weight excluding hydrogens is 260 g/mol. The zero-order valence-electron chi connectivity index (χ0n) is 13.1. The summed E-state index contributed by atoms with van der Waals surface area (Å²) in [5, 5.41) is 6.64. The molecule has 2 fully saturated rings. The Morgan fingerprint density at radius 1 is 1.38 bits per heavy atom. The zero-order chi connectivity index (χ0) is 14.8. The first-order valence-electron chi connectivity index (χ1n) is 8.23. The van der Waals surface area contributed by atoms with Crippen LogP contribution in [0.25, 0.3) is 0 Å². The van der Waals surface area contributed by atoms with E-state index in [9.17, 15) is 4.79 Å². The third kappa shape index (κ3) is 3.13. The quantitative estimate of drug-likeness (QED) is 0.892. The first-order chi connectivity index (χ1) is 10.1. The first-order valence-corrected chi connectivity index (χ1v) is 8.23. The maximum absolute atomic E-state index is 12.5. The normalized spacial score (nSPS) is 29.1. The summed E-state index contributed by atoms with van der Waals surface area (Å²) < 4.78 is 0. The van der Waals surface area contributed by atoms with Gasteiger partial charge in [-0.3, -0.25) is 4.79 Å². The van der Waals surface area contributed by atoms with Crippen LogP contribution in [0, 0.1) is 18.8 Å². The minimum absolute atomic E-state index is 0.0387. The molecule has 4 unspecified atom stereocenters. The van der Waals surface area contributed by atoms with Crippen LogP contribution in [0.2, 0.25) is 0 Å². The van der Waals surface area contributed by atoms with Gasteiger partial charge in [-0.15, -0.1) is 0 Å². The number of rotatable bonds is 4. The monoisotopic (exact) mass is 286 g/mol. The third-order valence-corrected chi connectivity index (χ3v) is 5.20. The summed E-state index contributed by atoms with van der Waals surface area (Å²) in [5.74, 6) is 1.49. The molecule has 1 heterocycles. The molecule has 1 saturated heterocycles. The van der Waals surface area contributed by atoms with Crippen LogP contribution in [-0.4, -0.2) is 24.5 Å². The standard InChI is InChI=1S/C18H26N2O/c1-12-6-3-4-7-14(12)10-13(2)20-18(21)17-16-9-5-8-15(16)11-19-17/h3-4,6-7,13,15-17,19H,5,8-11H2,1-2H3,(H,20,21). The molecule has 3 nitrogen and oxygen atoms in total. The fraction of sp³-hybridized carbons (Fsp3) is 0.611. The molecule has 0 bridgehead atoms. The minimum atomic E-state index is 0.0387. The lowest BCUT2D eigenvalue weighted by Crippen LogP contribution is -2.47. The maximum atomic E-state index is 12.5. The van der Waals surface area contributed by atoms with Crippen molar-refractivity contribution in [2.45, 2.75) is 51.6 Å². The number of nitrogens with one attached hydrogen (secondary N) is 2. The molecule has 21 heavy (non-hydrogen) atoms. The highest BCUT2D eigenvalue weighted by Crippen LogP contribution is 2.37. The van der Waals surface area contributed by atoms with Crippen LogP contribution in [-0.2, 0) is 11.2 Å². The van der Waals surface area contributed by atoms with Crippen molar-refractivity contribution in [3.8, 4) is 0 Å². The van der Waals surface area contributed by atoms with Crippen LogP contribution < -0.4 is 10.6 Å². The predicted octanol–water partition coefficient (Wildman–Crippen LogP) is 2.43. The lowest BCUT2D eigenvalue weighted by atomic mass is 9.93. The van der Waals surface area contributed by atoms with Crippen LogP contribution in [0.15, 0.2) is 24.3 Å². The molecule has 1 aliphatic heterocycles. The van der Waals surface area contributed by atoms with Crippen molar-refractivity contribution in [2.75, 3.05) is 6.54 Å². The second-order valence-corrected chi connectivity index (χ2v) is 6.78. The van der Waals surface area contributed by atoms with Gasteiger partial charge < -0.3 is 10.6 Å². The Bertz CT molecular complexity index is 514. The summed E-state index contributed by atoms with van der Waals surface area (Å²) in [6.07, 6.45) is 4.70.